The van der Waals surface area contributed by atoms with E-state index in [1.807, 2.05) is 75.4 Å². The molecule has 0 aliphatic carbocycles. The van der Waals surface area contributed by atoms with E-state index >= 15 is 0 Å². The van der Waals surface area contributed by atoms with Gasteiger partial charge < -0.3 is 14.2 Å². The number of halogens is 3. The van der Waals surface area contributed by atoms with E-state index in [4.69, 9.17) is 24.3 Å². The van der Waals surface area contributed by atoms with Crippen LogP contribution in [0.5, 0.6) is 17.2 Å². The van der Waals surface area contributed by atoms with Gasteiger partial charge in [-0.3, -0.25) is 4.79 Å². The molecule has 0 aliphatic heterocycles. The van der Waals surface area contributed by atoms with E-state index in [2.05, 4.69) is 74.4 Å². The zero-order valence-corrected chi connectivity index (χ0v) is 31.6. The highest BCUT2D eigenvalue weighted by atomic mass is 127. The van der Waals surface area contributed by atoms with Crippen LogP contribution in [-0.2, 0) is 6.61 Å². The molecule has 46 heavy (non-hydrogen) atoms. The van der Waals surface area contributed by atoms with Crippen LogP contribution >= 0.6 is 54.5 Å². The molecular formula is C36H34Br2IN3O4. The summed E-state index contributed by atoms with van der Waals surface area (Å²) in [6, 6.07) is 21.2. The van der Waals surface area contributed by atoms with E-state index in [1.165, 1.54) is 4.68 Å². The highest BCUT2D eigenvalue weighted by Crippen LogP contribution is 2.36. The second-order valence-corrected chi connectivity index (χ2v) is 13.8. The first-order chi connectivity index (χ1) is 22.1. The molecule has 0 saturated carbocycles. The van der Waals surface area contributed by atoms with E-state index in [-0.39, 0.29) is 11.5 Å². The summed E-state index contributed by atoms with van der Waals surface area (Å²) in [5.41, 5.74) is 4.92. The molecule has 5 aromatic rings. The Bertz CT molecular complexity index is 1990. The Kier molecular flexibility index (Phi) is 11.2. The fourth-order valence-electron chi connectivity index (χ4n) is 5.05. The molecule has 0 bridgehead atoms. The molecule has 0 N–H and O–H groups in total. The van der Waals surface area contributed by atoms with Crippen molar-refractivity contribution in [2.45, 2.75) is 47.1 Å². The Labute approximate surface area is 299 Å². The second kappa shape index (κ2) is 15.1. The Hall–Kier alpha value is -3.22. The number of nitrogens with zero attached hydrogens (tertiary/aromatic N) is 3. The maximum Gasteiger partial charge on any atom is 0.282 e. The van der Waals surface area contributed by atoms with Gasteiger partial charge in [-0.15, -0.1) is 0 Å². The normalized spacial score (nSPS) is 11.5. The van der Waals surface area contributed by atoms with Gasteiger partial charge in [-0.1, -0.05) is 63.9 Å². The van der Waals surface area contributed by atoms with E-state index in [9.17, 15) is 4.79 Å². The number of para-hydroxylation sites is 1. The Morgan fingerprint density at radius 1 is 0.957 bits per heavy atom. The first kappa shape index (κ1) is 34.1. The molecule has 0 fully saturated rings. The van der Waals surface area contributed by atoms with Crippen LogP contribution in [0.1, 0.15) is 55.9 Å². The van der Waals surface area contributed by atoms with Crippen LogP contribution in [0.3, 0.4) is 0 Å². The van der Waals surface area contributed by atoms with E-state index in [0.717, 1.165) is 46.1 Å². The number of fused-ring (bicyclic) bond motifs is 1. The van der Waals surface area contributed by atoms with Crippen LogP contribution in [-0.4, -0.2) is 29.1 Å². The van der Waals surface area contributed by atoms with Gasteiger partial charge in [0.25, 0.3) is 5.56 Å². The Balaban J connectivity index is 1.59. The molecule has 0 aliphatic rings. The Morgan fingerprint density at radius 3 is 2.41 bits per heavy atom. The second-order valence-electron chi connectivity index (χ2n) is 10.9. The summed E-state index contributed by atoms with van der Waals surface area (Å²) in [6.07, 6.45) is 1.66. The molecule has 4 aromatic carbocycles. The molecule has 0 radical (unpaired) electrons. The molecule has 0 atom stereocenters. The number of ether oxygens (including phenoxy) is 3. The van der Waals surface area contributed by atoms with Crippen molar-refractivity contribution in [2.75, 3.05) is 13.2 Å². The molecule has 238 valence electrons. The van der Waals surface area contributed by atoms with Crippen LogP contribution in [0, 0.1) is 10.5 Å². The smallest absolute Gasteiger partial charge is 0.282 e. The van der Waals surface area contributed by atoms with Crippen molar-refractivity contribution >= 4 is 71.6 Å². The van der Waals surface area contributed by atoms with E-state index in [0.29, 0.717) is 48.0 Å². The number of rotatable bonds is 11. The summed E-state index contributed by atoms with van der Waals surface area (Å²) < 4.78 is 22.4. The zero-order chi connectivity index (χ0) is 33.0. The topological polar surface area (TPSA) is 74.9 Å². The first-order valence-corrected chi connectivity index (χ1v) is 17.6. The molecule has 7 nitrogen and oxygen atoms in total. The molecule has 0 saturated heterocycles. The fraction of sp³-hybridized carbons (Fsp3) is 0.250. The van der Waals surface area contributed by atoms with Crippen molar-refractivity contribution in [1.29, 1.82) is 0 Å². The van der Waals surface area contributed by atoms with Crippen molar-refractivity contribution in [3.63, 3.8) is 0 Å². The lowest BCUT2D eigenvalue weighted by molar-refractivity contribution is 0.267. The average molecular weight is 859 g/mol. The zero-order valence-electron chi connectivity index (χ0n) is 26.2. The van der Waals surface area contributed by atoms with Gasteiger partial charge in [0.05, 0.1) is 33.9 Å². The minimum Gasteiger partial charge on any atom is -0.494 e. The molecular weight excluding hydrogens is 825 g/mol. The third kappa shape index (κ3) is 7.50. The largest absolute Gasteiger partial charge is 0.494 e. The lowest BCUT2D eigenvalue weighted by Gasteiger charge is -2.18. The summed E-state index contributed by atoms with van der Waals surface area (Å²) in [7, 11) is 0. The first-order valence-electron chi connectivity index (χ1n) is 15.0. The van der Waals surface area contributed by atoms with Crippen LogP contribution in [0.2, 0.25) is 0 Å². The summed E-state index contributed by atoms with van der Waals surface area (Å²) >= 11 is 9.35. The molecule has 0 unspecified atom stereocenters. The van der Waals surface area contributed by atoms with Crippen LogP contribution in [0.15, 0.2) is 85.6 Å². The number of hydrogen-bond acceptors (Lipinski definition) is 6. The summed E-state index contributed by atoms with van der Waals surface area (Å²) in [5, 5.41) is 5.23. The summed E-state index contributed by atoms with van der Waals surface area (Å²) in [5.74, 6) is 2.74. The predicted molar refractivity (Wildman–Crippen MR) is 201 cm³/mol. The SMILES string of the molecule is CCOc1cc(C)c(-c2nc3ccccc3c(=O)n2N=Cc2cc(I)c(OCc3ccc(Br)cc3Br)c(OCC)c2)cc1C(C)C. The maximum atomic E-state index is 13.9. The average Bonchev–Trinajstić information content (AvgIpc) is 3.01. The standard InChI is InChI=1S/C36H34Br2IN3O4/c1-6-44-32-14-22(5)28(18-27(32)21(3)4)35-41-31-11-9-8-10-26(31)36(43)42(35)40-19-23-15-30(39)34(33(16-23)45-7-2)46-20-24-12-13-25(37)17-29(24)38/h8-19,21H,6-7,20H2,1-5H3. The maximum absolute atomic E-state index is 13.9. The van der Waals surface area contributed by atoms with Gasteiger partial charge >= 0.3 is 0 Å². The van der Waals surface area contributed by atoms with Gasteiger partial charge in [-0.2, -0.15) is 9.78 Å². The number of aryl methyl sites for hydroxylation is 1. The number of benzene rings is 4. The predicted octanol–water partition coefficient (Wildman–Crippen LogP) is 9.88. The molecule has 0 amide bonds. The number of hydrogen-bond donors (Lipinski definition) is 0. The monoisotopic (exact) mass is 857 g/mol. The highest BCUT2D eigenvalue weighted by Gasteiger charge is 2.19. The van der Waals surface area contributed by atoms with Gasteiger partial charge in [0.2, 0.25) is 0 Å². The summed E-state index contributed by atoms with van der Waals surface area (Å²) in [4.78, 5) is 18.9. The van der Waals surface area contributed by atoms with Crippen LogP contribution in [0.25, 0.3) is 22.3 Å². The molecule has 1 aromatic heterocycles. The van der Waals surface area contributed by atoms with Gasteiger partial charge in [0.15, 0.2) is 17.3 Å². The lowest BCUT2D eigenvalue weighted by atomic mass is 9.96. The highest BCUT2D eigenvalue weighted by molar-refractivity contribution is 14.1. The van der Waals surface area contributed by atoms with Gasteiger partial charge in [0.1, 0.15) is 12.4 Å². The lowest BCUT2D eigenvalue weighted by Crippen LogP contribution is -2.21. The minimum atomic E-state index is -0.254. The number of aromatic nitrogens is 2. The van der Waals surface area contributed by atoms with Gasteiger partial charge in [-0.05, 0) is 115 Å². The fourth-order valence-corrected chi connectivity index (χ4v) is 7.00. The summed E-state index contributed by atoms with van der Waals surface area (Å²) in [6.45, 7) is 11.5. The van der Waals surface area contributed by atoms with Crippen molar-refractivity contribution < 1.29 is 14.2 Å². The third-order valence-electron chi connectivity index (χ3n) is 7.31. The van der Waals surface area contributed by atoms with Crippen LogP contribution in [0.4, 0.5) is 0 Å². The van der Waals surface area contributed by atoms with Crippen molar-refractivity contribution in [3.8, 4) is 28.6 Å². The molecule has 0 spiro atoms. The molecule has 1 heterocycles. The van der Waals surface area contributed by atoms with Crippen molar-refractivity contribution in [1.82, 2.24) is 9.66 Å². The molecule has 10 heteroatoms. The van der Waals surface area contributed by atoms with Crippen LogP contribution < -0.4 is 19.8 Å². The molecule has 5 rings (SSSR count). The van der Waals surface area contributed by atoms with E-state index in [1.54, 1.807) is 12.3 Å². The quantitative estimate of drug-likeness (QED) is 0.0978. The third-order valence-corrected chi connectivity index (χ3v) is 9.35. The Morgan fingerprint density at radius 2 is 1.70 bits per heavy atom. The van der Waals surface area contributed by atoms with Gasteiger partial charge in [0, 0.05) is 20.1 Å². The minimum absolute atomic E-state index is 0.203. The van der Waals surface area contributed by atoms with Gasteiger partial charge in [-0.25, -0.2) is 4.98 Å². The van der Waals surface area contributed by atoms with Crippen molar-refractivity contribution in [3.05, 3.63) is 112 Å². The van der Waals surface area contributed by atoms with E-state index < -0.39 is 0 Å². The van der Waals surface area contributed by atoms with Crippen molar-refractivity contribution in [2.24, 2.45) is 5.10 Å².